The molecule has 1 aliphatic carbocycles. The quantitative estimate of drug-likeness (QED) is 0.736. The van der Waals surface area contributed by atoms with Gasteiger partial charge in [-0.3, -0.25) is 0 Å². The Bertz CT molecular complexity index is 758. The Kier molecular flexibility index (Phi) is 4.88. The normalized spacial score (nSPS) is 15.5. The second-order valence-electron chi connectivity index (χ2n) is 6.26. The number of carbonyl (C=O) groups is 1. The summed E-state index contributed by atoms with van der Waals surface area (Å²) in [5, 5.41) is 0. The lowest BCUT2D eigenvalue weighted by Gasteiger charge is -2.15. The number of ether oxygens (including phenoxy) is 1. The monoisotopic (exact) mass is 351 g/mol. The van der Waals surface area contributed by atoms with Gasteiger partial charge in [0, 0.05) is 5.56 Å². The number of halogens is 3. The highest BCUT2D eigenvalue weighted by molar-refractivity contribution is 5.90. The summed E-state index contributed by atoms with van der Waals surface area (Å²) in [5.41, 5.74) is 0.731. The van der Waals surface area contributed by atoms with Gasteiger partial charge in [-0.2, -0.15) is 13.2 Å². The molecule has 1 fully saturated rings. The Labute approximate surface area is 144 Å². The first-order valence-corrected chi connectivity index (χ1v) is 8.48. The van der Waals surface area contributed by atoms with Crippen molar-refractivity contribution >= 4 is 5.97 Å². The lowest BCUT2D eigenvalue weighted by atomic mass is 9.93. The van der Waals surface area contributed by atoms with Crippen LogP contribution in [0, 0.1) is 0 Å². The standard InChI is InChI=1S/C19H20F3NO2/c1-2-25-18(24)16-11-14(12-7-3-4-8-12)17(23-16)13-9-5-6-10-15(13)19(20,21)22/h5-6,9-12,23H,2-4,7-8H2,1H3. The van der Waals surface area contributed by atoms with E-state index in [0.717, 1.165) is 37.3 Å². The molecule has 3 nitrogen and oxygen atoms in total. The summed E-state index contributed by atoms with van der Waals surface area (Å²) in [4.78, 5) is 15.0. The Hall–Kier alpha value is -2.24. The average Bonchev–Trinajstić information content (AvgIpc) is 3.23. The van der Waals surface area contributed by atoms with Crippen LogP contribution in [-0.2, 0) is 10.9 Å². The van der Waals surface area contributed by atoms with Gasteiger partial charge < -0.3 is 9.72 Å². The van der Waals surface area contributed by atoms with Gasteiger partial charge in [-0.15, -0.1) is 0 Å². The molecule has 1 saturated carbocycles. The highest BCUT2D eigenvalue weighted by Gasteiger charge is 2.35. The van der Waals surface area contributed by atoms with Crippen LogP contribution in [0.4, 0.5) is 13.2 Å². The molecule has 134 valence electrons. The van der Waals surface area contributed by atoms with E-state index in [9.17, 15) is 18.0 Å². The number of H-pyrrole nitrogens is 1. The van der Waals surface area contributed by atoms with E-state index in [1.54, 1.807) is 19.1 Å². The maximum absolute atomic E-state index is 13.4. The first-order valence-electron chi connectivity index (χ1n) is 8.48. The largest absolute Gasteiger partial charge is 0.461 e. The molecule has 3 rings (SSSR count). The van der Waals surface area contributed by atoms with E-state index in [0.29, 0.717) is 5.69 Å². The smallest absolute Gasteiger partial charge is 0.417 e. The van der Waals surface area contributed by atoms with Crippen LogP contribution >= 0.6 is 0 Å². The van der Waals surface area contributed by atoms with Gasteiger partial charge in [-0.05, 0) is 43.4 Å². The van der Waals surface area contributed by atoms with E-state index in [2.05, 4.69) is 4.98 Å². The van der Waals surface area contributed by atoms with Gasteiger partial charge in [0.05, 0.1) is 17.9 Å². The van der Waals surface area contributed by atoms with Crippen LogP contribution in [0.2, 0.25) is 0 Å². The number of nitrogens with one attached hydrogen (secondary N) is 1. The molecule has 0 spiro atoms. The fourth-order valence-corrected chi connectivity index (χ4v) is 3.52. The van der Waals surface area contributed by atoms with E-state index in [1.165, 1.54) is 12.1 Å². The number of esters is 1. The molecule has 6 heteroatoms. The summed E-state index contributed by atoms with van der Waals surface area (Å²) in [6.45, 7) is 1.91. The molecule has 1 aromatic heterocycles. The summed E-state index contributed by atoms with van der Waals surface area (Å²) in [5.74, 6) is -0.381. The van der Waals surface area contributed by atoms with Gasteiger partial charge in [0.15, 0.2) is 0 Å². The number of aromatic amines is 1. The van der Waals surface area contributed by atoms with Crippen molar-refractivity contribution in [1.29, 1.82) is 0 Å². The lowest BCUT2D eigenvalue weighted by molar-refractivity contribution is -0.137. The molecule has 2 aromatic rings. The molecular weight excluding hydrogens is 331 g/mol. The highest BCUT2D eigenvalue weighted by Crippen LogP contribution is 2.43. The summed E-state index contributed by atoms with van der Waals surface area (Å²) < 4.78 is 45.3. The van der Waals surface area contributed by atoms with E-state index >= 15 is 0 Å². The maximum atomic E-state index is 13.4. The Morgan fingerprint density at radius 1 is 1.24 bits per heavy atom. The Balaban J connectivity index is 2.13. The zero-order valence-corrected chi connectivity index (χ0v) is 14.0. The topological polar surface area (TPSA) is 42.1 Å². The number of hydrogen-bond donors (Lipinski definition) is 1. The van der Waals surface area contributed by atoms with Crippen molar-refractivity contribution in [3.05, 3.63) is 47.2 Å². The van der Waals surface area contributed by atoms with Crippen LogP contribution in [0.3, 0.4) is 0 Å². The van der Waals surface area contributed by atoms with E-state index in [4.69, 9.17) is 4.74 Å². The molecular formula is C19H20F3NO2. The summed E-state index contributed by atoms with van der Waals surface area (Å²) in [7, 11) is 0. The van der Waals surface area contributed by atoms with Crippen LogP contribution in [0.25, 0.3) is 11.3 Å². The van der Waals surface area contributed by atoms with Crippen molar-refractivity contribution in [3.8, 4) is 11.3 Å². The molecule has 0 bridgehead atoms. The number of aromatic nitrogens is 1. The fraction of sp³-hybridized carbons (Fsp3) is 0.421. The number of carbonyl (C=O) groups excluding carboxylic acids is 1. The molecule has 25 heavy (non-hydrogen) atoms. The van der Waals surface area contributed by atoms with Crippen molar-refractivity contribution in [1.82, 2.24) is 4.98 Å². The van der Waals surface area contributed by atoms with Gasteiger partial charge in [0.1, 0.15) is 5.69 Å². The molecule has 1 heterocycles. The molecule has 0 atom stereocenters. The van der Waals surface area contributed by atoms with Crippen molar-refractivity contribution in [2.75, 3.05) is 6.61 Å². The predicted molar refractivity (Wildman–Crippen MR) is 88.4 cm³/mol. The number of hydrogen-bond acceptors (Lipinski definition) is 2. The fourth-order valence-electron chi connectivity index (χ4n) is 3.52. The maximum Gasteiger partial charge on any atom is 0.417 e. The second-order valence-corrected chi connectivity index (χ2v) is 6.26. The van der Waals surface area contributed by atoms with Gasteiger partial charge >= 0.3 is 12.1 Å². The molecule has 1 aliphatic rings. The van der Waals surface area contributed by atoms with Crippen molar-refractivity contribution in [2.24, 2.45) is 0 Å². The van der Waals surface area contributed by atoms with Crippen LogP contribution in [0.5, 0.6) is 0 Å². The lowest BCUT2D eigenvalue weighted by Crippen LogP contribution is -2.08. The Morgan fingerprint density at radius 2 is 1.92 bits per heavy atom. The van der Waals surface area contributed by atoms with Gasteiger partial charge in [-0.25, -0.2) is 4.79 Å². The molecule has 0 aliphatic heterocycles. The summed E-state index contributed by atoms with van der Waals surface area (Å²) >= 11 is 0. The average molecular weight is 351 g/mol. The Morgan fingerprint density at radius 3 is 2.56 bits per heavy atom. The van der Waals surface area contributed by atoms with Crippen LogP contribution in [-0.4, -0.2) is 17.6 Å². The summed E-state index contributed by atoms with van der Waals surface area (Å²) in [6, 6.07) is 7.13. The third-order valence-electron chi connectivity index (χ3n) is 4.64. The number of benzene rings is 1. The molecule has 1 N–H and O–H groups in total. The molecule has 0 saturated heterocycles. The molecule has 0 radical (unpaired) electrons. The van der Waals surface area contributed by atoms with E-state index in [-0.39, 0.29) is 23.8 Å². The van der Waals surface area contributed by atoms with E-state index in [1.807, 2.05) is 0 Å². The van der Waals surface area contributed by atoms with Crippen LogP contribution < -0.4 is 0 Å². The first-order chi connectivity index (χ1) is 11.9. The van der Waals surface area contributed by atoms with Crippen molar-refractivity contribution in [3.63, 3.8) is 0 Å². The first kappa shape index (κ1) is 17.6. The predicted octanol–water partition coefficient (Wildman–Crippen LogP) is 5.53. The van der Waals surface area contributed by atoms with Crippen molar-refractivity contribution in [2.45, 2.75) is 44.7 Å². The van der Waals surface area contributed by atoms with Gasteiger partial charge in [-0.1, -0.05) is 31.0 Å². The SMILES string of the molecule is CCOC(=O)c1cc(C2CCCC2)c(-c2ccccc2C(F)(F)F)[nH]1. The number of alkyl halides is 3. The zero-order chi connectivity index (χ0) is 18.0. The minimum atomic E-state index is -4.46. The molecule has 0 unspecified atom stereocenters. The van der Waals surface area contributed by atoms with Gasteiger partial charge in [0.25, 0.3) is 0 Å². The van der Waals surface area contributed by atoms with Crippen molar-refractivity contribution < 1.29 is 22.7 Å². The third kappa shape index (κ3) is 3.57. The molecule has 1 aromatic carbocycles. The van der Waals surface area contributed by atoms with Gasteiger partial charge in [0.2, 0.25) is 0 Å². The minimum absolute atomic E-state index is 0.0763. The second kappa shape index (κ2) is 6.94. The van der Waals surface area contributed by atoms with E-state index < -0.39 is 17.7 Å². The summed E-state index contributed by atoms with van der Waals surface area (Å²) in [6.07, 6.45) is -0.531. The number of rotatable bonds is 4. The minimum Gasteiger partial charge on any atom is -0.461 e. The third-order valence-corrected chi connectivity index (χ3v) is 4.64. The van der Waals surface area contributed by atoms with Crippen LogP contribution in [0.1, 0.15) is 60.1 Å². The zero-order valence-electron chi connectivity index (χ0n) is 14.0. The molecule has 0 amide bonds. The highest BCUT2D eigenvalue weighted by atomic mass is 19.4. The van der Waals surface area contributed by atoms with Crippen LogP contribution in [0.15, 0.2) is 30.3 Å².